The first-order valence-electron chi connectivity index (χ1n) is 4.38. The maximum atomic E-state index is 8.70. The fourth-order valence-corrected chi connectivity index (χ4v) is 1.70. The topological polar surface area (TPSA) is 47.9 Å². The van der Waals surface area contributed by atoms with Crippen molar-refractivity contribution >= 4 is 22.6 Å². The van der Waals surface area contributed by atoms with Gasteiger partial charge in [-0.15, -0.1) is 0 Å². The van der Waals surface area contributed by atoms with E-state index < -0.39 is 0 Å². The molecule has 5 heteroatoms. The van der Waals surface area contributed by atoms with Crippen LogP contribution in [0.4, 0.5) is 0 Å². The standard InChI is InChI=1S/C10H13IO4/c1-13-8-5-7(11)6-9(14-2)10(8)15-4-3-12/h5-6,12H,3-4H2,1-2H3. The quantitative estimate of drug-likeness (QED) is 0.838. The van der Waals surface area contributed by atoms with Gasteiger partial charge in [0, 0.05) is 3.57 Å². The number of rotatable bonds is 5. The fraction of sp³-hybridized carbons (Fsp3) is 0.400. The van der Waals surface area contributed by atoms with E-state index in [2.05, 4.69) is 22.6 Å². The van der Waals surface area contributed by atoms with Crippen molar-refractivity contribution in [3.63, 3.8) is 0 Å². The van der Waals surface area contributed by atoms with Gasteiger partial charge in [0.05, 0.1) is 20.8 Å². The second-order valence-electron chi connectivity index (χ2n) is 2.71. The molecule has 1 aromatic rings. The second kappa shape index (κ2) is 6.02. The van der Waals surface area contributed by atoms with Crippen molar-refractivity contribution in [2.24, 2.45) is 0 Å². The summed E-state index contributed by atoms with van der Waals surface area (Å²) in [7, 11) is 3.13. The van der Waals surface area contributed by atoms with Crippen molar-refractivity contribution < 1.29 is 19.3 Å². The number of hydrogen-bond donors (Lipinski definition) is 1. The molecule has 0 radical (unpaired) electrons. The Hall–Kier alpha value is -0.690. The number of hydrogen-bond acceptors (Lipinski definition) is 4. The molecule has 0 aliphatic heterocycles. The van der Waals surface area contributed by atoms with Crippen LogP contribution in [0.1, 0.15) is 0 Å². The molecule has 1 N–H and O–H groups in total. The highest BCUT2D eigenvalue weighted by Crippen LogP contribution is 2.38. The van der Waals surface area contributed by atoms with Gasteiger partial charge in [-0.05, 0) is 34.7 Å². The Morgan fingerprint density at radius 3 is 2.13 bits per heavy atom. The molecule has 0 unspecified atom stereocenters. The van der Waals surface area contributed by atoms with Crippen LogP contribution >= 0.6 is 22.6 Å². The van der Waals surface area contributed by atoms with Gasteiger partial charge in [0.25, 0.3) is 0 Å². The molecular formula is C10H13IO4. The molecular weight excluding hydrogens is 311 g/mol. The highest BCUT2D eigenvalue weighted by Gasteiger charge is 2.12. The third-order valence-electron chi connectivity index (χ3n) is 1.76. The van der Waals surface area contributed by atoms with Gasteiger partial charge >= 0.3 is 0 Å². The molecule has 0 aliphatic carbocycles. The van der Waals surface area contributed by atoms with Crippen LogP contribution in [-0.2, 0) is 0 Å². The number of ether oxygens (including phenoxy) is 3. The molecule has 84 valence electrons. The predicted octanol–water partition coefficient (Wildman–Crippen LogP) is 1.68. The lowest BCUT2D eigenvalue weighted by Crippen LogP contribution is -2.04. The van der Waals surface area contributed by atoms with E-state index in [1.807, 2.05) is 12.1 Å². The first-order valence-corrected chi connectivity index (χ1v) is 5.46. The largest absolute Gasteiger partial charge is 0.493 e. The van der Waals surface area contributed by atoms with Crippen LogP contribution in [0.25, 0.3) is 0 Å². The molecule has 0 aromatic heterocycles. The molecule has 1 rings (SSSR count). The van der Waals surface area contributed by atoms with Gasteiger partial charge in [0.1, 0.15) is 6.61 Å². The summed E-state index contributed by atoms with van der Waals surface area (Å²) < 4.78 is 16.7. The second-order valence-corrected chi connectivity index (χ2v) is 3.96. The van der Waals surface area contributed by atoms with Gasteiger partial charge in [-0.1, -0.05) is 0 Å². The first-order chi connectivity index (χ1) is 7.22. The number of aliphatic hydroxyl groups excluding tert-OH is 1. The lowest BCUT2D eigenvalue weighted by atomic mass is 10.3. The summed E-state index contributed by atoms with van der Waals surface area (Å²) in [6.45, 7) is 0.172. The minimum atomic E-state index is -0.0434. The van der Waals surface area contributed by atoms with E-state index >= 15 is 0 Å². The number of methoxy groups -OCH3 is 2. The van der Waals surface area contributed by atoms with Gasteiger partial charge in [-0.3, -0.25) is 0 Å². The molecule has 0 saturated heterocycles. The Morgan fingerprint density at radius 2 is 1.73 bits per heavy atom. The minimum Gasteiger partial charge on any atom is -0.493 e. The van der Waals surface area contributed by atoms with Crippen LogP contribution in [0, 0.1) is 3.57 Å². The Labute approximate surface area is 102 Å². The molecule has 0 atom stereocenters. The zero-order valence-electron chi connectivity index (χ0n) is 8.62. The average molecular weight is 324 g/mol. The zero-order valence-corrected chi connectivity index (χ0v) is 10.8. The van der Waals surface area contributed by atoms with Gasteiger partial charge in [0.2, 0.25) is 5.75 Å². The zero-order chi connectivity index (χ0) is 11.3. The molecule has 1 aromatic carbocycles. The summed E-state index contributed by atoms with van der Waals surface area (Å²) in [6, 6.07) is 3.69. The molecule has 0 bridgehead atoms. The summed E-state index contributed by atoms with van der Waals surface area (Å²) >= 11 is 2.17. The molecule has 4 nitrogen and oxygen atoms in total. The highest BCUT2D eigenvalue weighted by molar-refractivity contribution is 14.1. The van der Waals surface area contributed by atoms with Crippen molar-refractivity contribution in [1.82, 2.24) is 0 Å². The molecule has 0 fully saturated rings. The van der Waals surface area contributed by atoms with Gasteiger partial charge < -0.3 is 19.3 Å². The van der Waals surface area contributed by atoms with Crippen molar-refractivity contribution in [3.05, 3.63) is 15.7 Å². The Bertz CT molecular complexity index is 302. The van der Waals surface area contributed by atoms with E-state index in [9.17, 15) is 0 Å². The summed E-state index contributed by atoms with van der Waals surface area (Å²) in [6.07, 6.45) is 0. The summed E-state index contributed by atoms with van der Waals surface area (Å²) in [5, 5.41) is 8.70. The number of halogens is 1. The highest BCUT2D eigenvalue weighted by atomic mass is 127. The fourth-order valence-electron chi connectivity index (χ4n) is 1.14. The van der Waals surface area contributed by atoms with Crippen molar-refractivity contribution in [2.45, 2.75) is 0 Å². The van der Waals surface area contributed by atoms with Gasteiger partial charge in [-0.2, -0.15) is 0 Å². The van der Waals surface area contributed by atoms with Crippen LogP contribution in [0.2, 0.25) is 0 Å². The van der Waals surface area contributed by atoms with E-state index in [0.29, 0.717) is 17.2 Å². The average Bonchev–Trinajstić information content (AvgIpc) is 2.26. The molecule has 0 saturated carbocycles. The smallest absolute Gasteiger partial charge is 0.203 e. The van der Waals surface area contributed by atoms with Crippen molar-refractivity contribution in [1.29, 1.82) is 0 Å². The number of aliphatic hydroxyl groups is 1. The SMILES string of the molecule is COc1cc(I)cc(OC)c1OCCO. The summed E-state index contributed by atoms with van der Waals surface area (Å²) in [4.78, 5) is 0. The third kappa shape index (κ3) is 3.13. The van der Waals surface area contributed by atoms with E-state index in [0.717, 1.165) is 3.57 Å². The Kier molecular flexibility index (Phi) is 4.97. The third-order valence-corrected chi connectivity index (χ3v) is 2.39. The lowest BCUT2D eigenvalue weighted by molar-refractivity contribution is 0.191. The first kappa shape index (κ1) is 12.4. The van der Waals surface area contributed by atoms with E-state index in [4.69, 9.17) is 19.3 Å². The number of benzene rings is 1. The lowest BCUT2D eigenvalue weighted by Gasteiger charge is -2.14. The summed E-state index contributed by atoms with van der Waals surface area (Å²) in [5.41, 5.74) is 0. The molecule has 0 heterocycles. The van der Waals surface area contributed by atoms with Crippen LogP contribution in [-0.4, -0.2) is 32.5 Å². The Balaban J connectivity index is 3.06. The van der Waals surface area contributed by atoms with Crippen molar-refractivity contribution in [2.75, 3.05) is 27.4 Å². The molecule has 0 amide bonds. The molecule has 0 spiro atoms. The normalized spacial score (nSPS) is 9.87. The van der Waals surface area contributed by atoms with E-state index in [1.54, 1.807) is 14.2 Å². The molecule has 0 aliphatic rings. The monoisotopic (exact) mass is 324 g/mol. The maximum Gasteiger partial charge on any atom is 0.203 e. The van der Waals surface area contributed by atoms with Crippen LogP contribution in [0.3, 0.4) is 0 Å². The molecule has 15 heavy (non-hydrogen) atoms. The Morgan fingerprint density at radius 1 is 1.20 bits per heavy atom. The van der Waals surface area contributed by atoms with E-state index in [1.165, 1.54) is 0 Å². The van der Waals surface area contributed by atoms with Crippen LogP contribution < -0.4 is 14.2 Å². The van der Waals surface area contributed by atoms with Crippen LogP contribution in [0.5, 0.6) is 17.2 Å². The van der Waals surface area contributed by atoms with Gasteiger partial charge in [0.15, 0.2) is 11.5 Å². The van der Waals surface area contributed by atoms with E-state index in [-0.39, 0.29) is 13.2 Å². The van der Waals surface area contributed by atoms with Crippen molar-refractivity contribution in [3.8, 4) is 17.2 Å². The van der Waals surface area contributed by atoms with Gasteiger partial charge in [-0.25, -0.2) is 0 Å². The predicted molar refractivity (Wildman–Crippen MR) is 64.8 cm³/mol. The summed E-state index contributed by atoms with van der Waals surface area (Å²) in [5.74, 6) is 1.73. The minimum absolute atomic E-state index is 0.0434. The van der Waals surface area contributed by atoms with Crippen LogP contribution in [0.15, 0.2) is 12.1 Å². The maximum absolute atomic E-state index is 8.70.